The van der Waals surface area contributed by atoms with Crippen LogP contribution in [0.5, 0.6) is 5.75 Å². The molecule has 0 unspecified atom stereocenters. The van der Waals surface area contributed by atoms with E-state index in [0.717, 1.165) is 73.6 Å². The monoisotopic (exact) mass is 893 g/mol. The van der Waals surface area contributed by atoms with Gasteiger partial charge in [-0.3, -0.25) is 9.59 Å². The van der Waals surface area contributed by atoms with Gasteiger partial charge in [-0.15, -0.1) is 0 Å². The number of unbranched alkanes of at least 4 members (excludes halogenated alkanes) is 30. The van der Waals surface area contributed by atoms with Crippen molar-refractivity contribution in [3.63, 3.8) is 0 Å². The topological polar surface area (TPSA) is 72.8 Å². The highest BCUT2D eigenvalue weighted by Gasteiger charge is 2.34. The highest BCUT2D eigenvalue weighted by atomic mass is 16.6. The SMILES string of the molecule is CCCCCCCCCCCCCCCCCCOC(=O)C(Cc1cc(C2CCCCC2)c(O)c(C2CCCCC2)c1C)C(=O)OCCCCCCCCCCCCCCCCCC. The Morgan fingerprint density at radius 2 is 0.797 bits per heavy atom. The van der Waals surface area contributed by atoms with Gasteiger partial charge in [0.1, 0.15) is 5.75 Å². The number of phenols is 1. The molecule has 5 heteroatoms. The first-order valence-electron chi connectivity index (χ1n) is 28.7. The molecule has 3 rings (SSSR count). The standard InChI is InChI=1S/C59H104O5/c1-4-6-8-10-12-14-16-18-20-22-24-26-28-30-32-40-46-63-58(61)55(59(62)64-47-41-33-31-29-27-25-23-21-19-17-15-13-11-9-7-5-2)49-53-48-54(51-42-36-34-37-43-51)57(60)56(50(53)3)52-44-38-35-39-45-52/h48,51-52,55,60H,4-47,49H2,1-3H3. The average molecular weight is 893 g/mol. The molecule has 0 amide bonds. The van der Waals surface area contributed by atoms with Crippen LogP contribution in [0.15, 0.2) is 6.07 Å². The number of ether oxygens (including phenoxy) is 2. The van der Waals surface area contributed by atoms with Crippen LogP contribution in [0.4, 0.5) is 0 Å². The van der Waals surface area contributed by atoms with Crippen molar-refractivity contribution in [2.24, 2.45) is 5.92 Å². The number of aromatic hydroxyl groups is 1. The van der Waals surface area contributed by atoms with Gasteiger partial charge in [0, 0.05) is 5.56 Å². The summed E-state index contributed by atoms with van der Waals surface area (Å²) in [7, 11) is 0. The summed E-state index contributed by atoms with van der Waals surface area (Å²) in [5, 5.41) is 11.9. The van der Waals surface area contributed by atoms with Crippen molar-refractivity contribution in [3.8, 4) is 5.75 Å². The van der Waals surface area contributed by atoms with E-state index in [-0.39, 0.29) is 6.42 Å². The second-order valence-corrected chi connectivity index (χ2v) is 20.9. The zero-order chi connectivity index (χ0) is 45.7. The Bertz CT molecular complexity index is 1240. The third kappa shape index (κ3) is 24.6. The van der Waals surface area contributed by atoms with E-state index in [1.165, 1.54) is 218 Å². The molecule has 0 bridgehead atoms. The molecule has 370 valence electrons. The van der Waals surface area contributed by atoms with Crippen LogP contribution in [0.1, 0.15) is 318 Å². The molecular weight excluding hydrogens is 789 g/mol. The largest absolute Gasteiger partial charge is 0.507 e. The molecular formula is C59H104O5. The highest BCUT2D eigenvalue weighted by molar-refractivity contribution is 5.95. The van der Waals surface area contributed by atoms with Gasteiger partial charge >= 0.3 is 11.9 Å². The number of carbonyl (C=O) groups excluding carboxylic acids is 2. The van der Waals surface area contributed by atoms with E-state index in [2.05, 4.69) is 26.8 Å². The van der Waals surface area contributed by atoms with Gasteiger partial charge < -0.3 is 14.6 Å². The van der Waals surface area contributed by atoms with Gasteiger partial charge in [0.2, 0.25) is 0 Å². The van der Waals surface area contributed by atoms with Crippen LogP contribution in [-0.2, 0) is 25.5 Å². The lowest BCUT2D eigenvalue weighted by Crippen LogP contribution is -2.31. The lowest BCUT2D eigenvalue weighted by Gasteiger charge is -2.30. The summed E-state index contributed by atoms with van der Waals surface area (Å²) < 4.78 is 11.8. The molecule has 0 spiro atoms. The van der Waals surface area contributed by atoms with Crippen LogP contribution < -0.4 is 0 Å². The van der Waals surface area contributed by atoms with E-state index in [1.54, 1.807) is 0 Å². The van der Waals surface area contributed by atoms with Crippen LogP contribution in [0.3, 0.4) is 0 Å². The van der Waals surface area contributed by atoms with Gasteiger partial charge in [-0.2, -0.15) is 0 Å². The summed E-state index contributed by atoms with van der Waals surface area (Å²) in [4.78, 5) is 27.8. The number of benzene rings is 1. The van der Waals surface area contributed by atoms with E-state index in [0.29, 0.717) is 30.8 Å². The number of rotatable bonds is 40. The molecule has 64 heavy (non-hydrogen) atoms. The molecule has 0 radical (unpaired) electrons. The average Bonchev–Trinajstić information content (AvgIpc) is 3.31. The minimum atomic E-state index is -0.983. The number of phenolic OH excluding ortho intramolecular Hbond substituents is 1. The fraction of sp³-hybridized carbons (Fsp3) is 0.864. The maximum atomic E-state index is 13.9. The number of hydrogen-bond acceptors (Lipinski definition) is 5. The molecule has 0 heterocycles. The second-order valence-electron chi connectivity index (χ2n) is 20.9. The number of esters is 2. The summed E-state index contributed by atoms with van der Waals surface area (Å²) >= 11 is 0. The van der Waals surface area contributed by atoms with Crippen LogP contribution >= 0.6 is 0 Å². The van der Waals surface area contributed by atoms with Crippen LogP contribution in [0.25, 0.3) is 0 Å². The maximum Gasteiger partial charge on any atom is 0.320 e. The Morgan fingerprint density at radius 1 is 0.484 bits per heavy atom. The third-order valence-electron chi connectivity index (χ3n) is 15.3. The molecule has 1 N–H and O–H groups in total. The van der Waals surface area contributed by atoms with Crippen LogP contribution in [0.2, 0.25) is 0 Å². The first-order valence-corrected chi connectivity index (χ1v) is 28.7. The van der Waals surface area contributed by atoms with Crippen molar-refractivity contribution in [2.75, 3.05) is 13.2 Å². The maximum absolute atomic E-state index is 13.9. The first-order chi connectivity index (χ1) is 31.5. The Balaban J connectivity index is 1.46. The molecule has 0 atom stereocenters. The predicted octanol–water partition coefficient (Wildman–Crippen LogP) is 18.6. The van der Waals surface area contributed by atoms with E-state index in [1.807, 2.05) is 0 Å². The summed E-state index contributed by atoms with van der Waals surface area (Å²) in [5.74, 6) is -0.707. The van der Waals surface area contributed by atoms with E-state index in [9.17, 15) is 14.7 Å². The van der Waals surface area contributed by atoms with E-state index < -0.39 is 17.9 Å². The fourth-order valence-electron chi connectivity index (χ4n) is 11.0. The summed E-state index contributed by atoms with van der Waals surface area (Å²) in [5.41, 5.74) is 4.20. The summed E-state index contributed by atoms with van der Waals surface area (Å²) in [6, 6.07) is 2.16. The number of carbonyl (C=O) groups is 2. The normalized spacial score (nSPS) is 15.0. The van der Waals surface area contributed by atoms with Crippen LogP contribution in [-0.4, -0.2) is 30.3 Å². The molecule has 2 saturated carbocycles. The lowest BCUT2D eigenvalue weighted by atomic mass is 9.75. The van der Waals surface area contributed by atoms with Crippen molar-refractivity contribution in [2.45, 2.75) is 309 Å². The van der Waals surface area contributed by atoms with Gasteiger partial charge in [0.25, 0.3) is 0 Å². The van der Waals surface area contributed by atoms with E-state index in [4.69, 9.17) is 9.47 Å². The zero-order valence-electron chi connectivity index (χ0n) is 42.7. The zero-order valence-corrected chi connectivity index (χ0v) is 42.7. The fourth-order valence-corrected chi connectivity index (χ4v) is 11.0. The molecule has 0 aromatic heterocycles. The Hall–Kier alpha value is -2.04. The van der Waals surface area contributed by atoms with Gasteiger partial charge in [-0.25, -0.2) is 0 Å². The van der Waals surface area contributed by atoms with Crippen molar-refractivity contribution in [1.82, 2.24) is 0 Å². The van der Waals surface area contributed by atoms with Gasteiger partial charge in [0.05, 0.1) is 13.2 Å². The Labute approximate surface area is 396 Å². The Morgan fingerprint density at radius 3 is 1.14 bits per heavy atom. The van der Waals surface area contributed by atoms with Crippen molar-refractivity contribution in [3.05, 3.63) is 28.3 Å². The van der Waals surface area contributed by atoms with Gasteiger partial charge in [0.15, 0.2) is 5.92 Å². The molecule has 0 saturated heterocycles. The Kier molecular flexibility index (Phi) is 33.4. The van der Waals surface area contributed by atoms with Crippen molar-refractivity contribution >= 4 is 11.9 Å². The van der Waals surface area contributed by atoms with Crippen molar-refractivity contribution < 1.29 is 24.2 Å². The lowest BCUT2D eigenvalue weighted by molar-refractivity contribution is -0.162. The molecule has 2 aliphatic carbocycles. The minimum Gasteiger partial charge on any atom is -0.507 e. The summed E-state index contributed by atoms with van der Waals surface area (Å²) in [6.07, 6.45) is 53.5. The molecule has 2 aliphatic rings. The minimum absolute atomic E-state index is 0.279. The molecule has 5 nitrogen and oxygen atoms in total. The smallest absolute Gasteiger partial charge is 0.320 e. The van der Waals surface area contributed by atoms with Crippen molar-refractivity contribution in [1.29, 1.82) is 0 Å². The quantitative estimate of drug-likeness (QED) is 0.0404. The molecule has 0 aliphatic heterocycles. The first kappa shape index (κ1) is 56.3. The number of hydrogen-bond donors (Lipinski definition) is 1. The molecule has 1 aromatic rings. The highest BCUT2D eigenvalue weighted by Crippen LogP contribution is 2.46. The third-order valence-corrected chi connectivity index (χ3v) is 15.3. The summed E-state index contributed by atoms with van der Waals surface area (Å²) in [6.45, 7) is 7.40. The molecule has 1 aromatic carbocycles. The predicted molar refractivity (Wildman–Crippen MR) is 273 cm³/mol. The van der Waals surface area contributed by atoms with Crippen LogP contribution in [0, 0.1) is 12.8 Å². The van der Waals surface area contributed by atoms with Gasteiger partial charge in [-0.05, 0) is 80.4 Å². The second kappa shape index (κ2) is 38.0. The molecule has 2 fully saturated rings. The van der Waals surface area contributed by atoms with E-state index >= 15 is 0 Å². The van der Waals surface area contributed by atoms with Gasteiger partial charge in [-0.1, -0.05) is 251 Å².